The van der Waals surface area contributed by atoms with E-state index < -0.39 is 0 Å². The number of methoxy groups -OCH3 is 1. The normalized spacial score (nSPS) is 23.0. The summed E-state index contributed by atoms with van der Waals surface area (Å²) in [6.07, 6.45) is 3.60. The molecule has 1 spiro atoms. The number of fused-ring (bicyclic) bond motifs is 2. The van der Waals surface area contributed by atoms with Gasteiger partial charge in [0.25, 0.3) is 0 Å². The van der Waals surface area contributed by atoms with E-state index in [1.807, 2.05) is 7.05 Å². The Labute approximate surface area is 144 Å². The molecular formula is C20H25N3O. The van der Waals surface area contributed by atoms with Gasteiger partial charge in [-0.2, -0.15) is 0 Å². The fraction of sp³-hybridized carbons (Fsp3) is 0.550. The van der Waals surface area contributed by atoms with Crippen molar-refractivity contribution < 1.29 is 4.74 Å². The first kappa shape index (κ1) is 15.5. The van der Waals surface area contributed by atoms with Gasteiger partial charge in [0.05, 0.1) is 24.6 Å². The van der Waals surface area contributed by atoms with Crippen molar-refractivity contribution in [3.05, 3.63) is 23.3 Å². The molecule has 1 N–H and O–H groups in total. The van der Waals surface area contributed by atoms with Crippen molar-refractivity contribution >= 4 is 11.5 Å². The van der Waals surface area contributed by atoms with Crippen LogP contribution in [0.2, 0.25) is 0 Å². The van der Waals surface area contributed by atoms with Crippen molar-refractivity contribution in [2.45, 2.75) is 31.6 Å². The van der Waals surface area contributed by atoms with Crippen molar-refractivity contribution in [3.63, 3.8) is 0 Å². The van der Waals surface area contributed by atoms with E-state index in [0.29, 0.717) is 0 Å². The molecule has 1 aliphatic carbocycles. The highest BCUT2D eigenvalue weighted by Gasteiger charge is 2.49. The highest BCUT2D eigenvalue weighted by Crippen LogP contribution is 2.52. The van der Waals surface area contributed by atoms with Crippen LogP contribution in [-0.2, 0) is 5.41 Å². The lowest BCUT2D eigenvalue weighted by molar-refractivity contribution is 0.132. The molecule has 0 atom stereocenters. The summed E-state index contributed by atoms with van der Waals surface area (Å²) < 4.78 is 5.63. The fourth-order valence-corrected chi connectivity index (χ4v) is 4.23. The average Bonchev–Trinajstić information content (AvgIpc) is 2.85. The van der Waals surface area contributed by atoms with Gasteiger partial charge in [-0.05, 0) is 36.5 Å². The first-order valence-corrected chi connectivity index (χ1v) is 8.84. The molecule has 24 heavy (non-hydrogen) atoms. The lowest BCUT2D eigenvalue weighted by atomic mass is 9.65. The quantitative estimate of drug-likeness (QED) is 0.850. The predicted octanol–water partition coefficient (Wildman–Crippen LogP) is 2.87. The van der Waals surface area contributed by atoms with E-state index in [0.717, 1.165) is 48.4 Å². The molecule has 126 valence electrons. The van der Waals surface area contributed by atoms with Crippen LogP contribution in [0.4, 0.5) is 5.69 Å². The van der Waals surface area contributed by atoms with Gasteiger partial charge in [-0.15, -0.1) is 0 Å². The molecule has 0 bridgehead atoms. The van der Waals surface area contributed by atoms with E-state index in [-0.39, 0.29) is 5.41 Å². The van der Waals surface area contributed by atoms with Gasteiger partial charge in [-0.3, -0.25) is 9.89 Å². The van der Waals surface area contributed by atoms with Crippen LogP contribution in [0.3, 0.4) is 0 Å². The van der Waals surface area contributed by atoms with Crippen LogP contribution in [0.5, 0.6) is 5.75 Å². The minimum absolute atomic E-state index is 0.0943. The summed E-state index contributed by atoms with van der Waals surface area (Å²) in [5.41, 5.74) is 3.53. The predicted molar refractivity (Wildman–Crippen MR) is 98.0 cm³/mol. The third-order valence-corrected chi connectivity index (χ3v) is 5.66. The Hall–Kier alpha value is -1.99. The number of hydrogen-bond acceptors (Lipinski definition) is 3. The molecule has 0 unspecified atom stereocenters. The highest BCUT2D eigenvalue weighted by atomic mass is 16.5. The second-order valence-electron chi connectivity index (χ2n) is 7.33. The number of aliphatic imine (C=N–C) groups is 1. The van der Waals surface area contributed by atoms with Crippen LogP contribution < -0.4 is 10.1 Å². The summed E-state index contributed by atoms with van der Waals surface area (Å²) in [6, 6.07) is 4.31. The summed E-state index contributed by atoms with van der Waals surface area (Å²) in [4.78, 5) is 6.87. The van der Waals surface area contributed by atoms with Gasteiger partial charge in [0.2, 0.25) is 0 Å². The van der Waals surface area contributed by atoms with Gasteiger partial charge in [-0.25, -0.2) is 0 Å². The fourth-order valence-electron chi connectivity index (χ4n) is 4.23. The molecular weight excluding hydrogens is 298 g/mol. The second kappa shape index (κ2) is 5.82. The molecule has 2 fully saturated rings. The van der Waals surface area contributed by atoms with Gasteiger partial charge in [-0.1, -0.05) is 25.2 Å². The summed E-state index contributed by atoms with van der Waals surface area (Å²) in [6.45, 7) is 5.44. The van der Waals surface area contributed by atoms with Crippen LogP contribution in [0.25, 0.3) is 0 Å². The summed E-state index contributed by atoms with van der Waals surface area (Å²) in [5, 5.41) is 3.51. The third kappa shape index (κ3) is 2.31. The Balaban J connectivity index is 1.62. The average molecular weight is 323 g/mol. The van der Waals surface area contributed by atoms with Crippen LogP contribution in [0.1, 0.15) is 37.3 Å². The zero-order valence-corrected chi connectivity index (χ0v) is 14.8. The maximum Gasteiger partial charge on any atom is 0.134 e. The number of benzene rings is 1. The molecule has 1 saturated carbocycles. The lowest BCUT2D eigenvalue weighted by Crippen LogP contribution is -2.44. The van der Waals surface area contributed by atoms with E-state index in [2.05, 4.69) is 46.1 Å². The Morgan fingerprint density at radius 1 is 1.38 bits per heavy atom. The number of anilines is 1. The number of nitrogens with zero attached hydrogens (tertiary/aromatic N) is 2. The monoisotopic (exact) mass is 323 g/mol. The molecule has 0 aromatic heterocycles. The molecule has 2 aliphatic heterocycles. The van der Waals surface area contributed by atoms with Crippen LogP contribution in [0.15, 0.2) is 17.1 Å². The number of amidine groups is 1. The Morgan fingerprint density at radius 2 is 2.17 bits per heavy atom. The molecule has 1 aromatic carbocycles. The van der Waals surface area contributed by atoms with E-state index in [4.69, 9.17) is 4.74 Å². The second-order valence-corrected chi connectivity index (χ2v) is 7.33. The topological polar surface area (TPSA) is 36.9 Å². The molecule has 4 rings (SSSR count). The highest BCUT2D eigenvalue weighted by molar-refractivity contribution is 6.10. The summed E-state index contributed by atoms with van der Waals surface area (Å²) in [7, 11) is 3.61. The minimum atomic E-state index is 0.0943. The Bertz CT molecular complexity index is 746. The molecule has 0 amide bonds. The van der Waals surface area contributed by atoms with E-state index >= 15 is 0 Å². The zero-order valence-electron chi connectivity index (χ0n) is 14.8. The van der Waals surface area contributed by atoms with Crippen LogP contribution >= 0.6 is 0 Å². The molecule has 1 aromatic rings. The van der Waals surface area contributed by atoms with E-state index in [9.17, 15) is 0 Å². The zero-order chi connectivity index (χ0) is 16.7. The Kier molecular flexibility index (Phi) is 3.77. The smallest absolute Gasteiger partial charge is 0.134 e. The Morgan fingerprint density at radius 3 is 2.75 bits per heavy atom. The lowest BCUT2D eigenvalue weighted by Gasteiger charge is -2.38. The van der Waals surface area contributed by atoms with Gasteiger partial charge in [0.1, 0.15) is 11.6 Å². The van der Waals surface area contributed by atoms with Gasteiger partial charge in [0, 0.05) is 25.8 Å². The molecule has 4 heteroatoms. The van der Waals surface area contributed by atoms with Crippen molar-refractivity contribution in [2.75, 3.05) is 39.1 Å². The number of hydrogen-bond donors (Lipinski definition) is 1. The van der Waals surface area contributed by atoms with Crippen molar-refractivity contribution in [3.8, 4) is 17.6 Å². The minimum Gasteiger partial charge on any atom is -0.495 e. The molecule has 4 nitrogen and oxygen atoms in total. The number of likely N-dealkylation sites (tertiary alicyclic amines) is 1. The first-order valence-electron chi connectivity index (χ1n) is 8.84. The van der Waals surface area contributed by atoms with Gasteiger partial charge >= 0.3 is 0 Å². The van der Waals surface area contributed by atoms with Gasteiger partial charge < -0.3 is 10.1 Å². The third-order valence-electron chi connectivity index (χ3n) is 5.66. The number of nitrogens with one attached hydrogen (secondary N) is 1. The summed E-state index contributed by atoms with van der Waals surface area (Å²) in [5.74, 6) is 9.41. The molecule has 1 saturated heterocycles. The molecule has 3 aliphatic rings. The van der Waals surface area contributed by atoms with Gasteiger partial charge in [0.15, 0.2) is 0 Å². The standard InChI is InChI=1S/C20H25N3O/c1-14-12-23(13-14)9-4-6-15-10-17-16(11-18(15)24-3)20(7-5-8-20)19(21-2)22-17/h10-11,14H,5,7-9,12-13H2,1-3H3,(H,21,22). The number of ether oxygens (including phenoxy) is 1. The van der Waals surface area contributed by atoms with Crippen molar-refractivity contribution in [1.82, 2.24) is 4.90 Å². The maximum atomic E-state index is 5.63. The first-order chi connectivity index (χ1) is 11.7. The molecule has 0 radical (unpaired) electrons. The van der Waals surface area contributed by atoms with Crippen molar-refractivity contribution in [2.24, 2.45) is 10.9 Å². The van der Waals surface area contributed by atoms with Crippen molar-refractivity contribution in [1.29, 1.82) is 0 Å². The maximum absolute atomic E-state index is 5.63. The number of rotatable bonds is 2. The van der Waals surface area contributed by atoms with E-state index in [1.165, 1.54) is 24.8 Å². The van der Waals surface area contributed by atoms with Crippen LogP contribution in [0, 0.1) is 17.8 Å². The van der Waals surface area contributed by atoms with Crippen LogP contribution in [-0.4, -0.2) is 44.5 Å². The SMILES string of the molecule is CN=C1Nc2cc(C#CCN3CC(C)C3)c(OC)cc2C12CCC2. The largest absolute Gasteiger partial charge is 0.495 e. The molecule has 2 heterocycles. The van der Waals surface area contributed by atoms with E-state index in [1.54, 1.807) is 7.11 Å². The summed E-state index contributed by atoms with van der Waals surface area (Å²) >= 11 is 0.